The van der Waals surface area contributed by atoms with Gasteiger partial charge in [0.15, 0.2) is 11.6 Å². The van der Waals surface area contributed by atoms with Gasteiger partial charge >= 0.3 is 0 Å². The Hall–Kier alpha value is -2.54. The minimum absolute atomic E-state index is 0.141. The molecule has 134 valence electrons. The average molecular weight is 353 g/mol. The van der Waals surface area contributed by atoms with Gasteiger partial charge in [0, 0.05) is 16.7 Å². The number of carbonyl (C=O) groups excluding carboxylic acids is 2. The number of carbonyl (C=O) groups is 2. The van der Waals surface area contributed by atoms with Crippen LogP contribution < -0.4 is 5.06 Å². The van der Waals surface area contributed by atoms with Crippen LogP contribution in [0.3, 0.4) is 0 Å². The molecule has 2 aromatic rings. The molecule has 6 nitrogen and oxygen atoms in total. The van der Waals surface area contributed by atoms with E-state index in [0.29, 0.717) is 67.5 Å². The summed E-state index contributed by atoms with van der Waals surface area (Å²) in [6.45, 7) is 2.75. The van der Waals surface area contributed by atoms with Gasteiger partial charge in [0.25, 0.3) is 0 Å². The van der Waals surface area contributed by atoms with Crippen molar-refractivity contribution in [3.63, 3.8) is 0 Å². The maximum Gasteiger partial charge on any atom is 0.196 e. The summed E-state index contributed by atoms with van der Waals surface area (Å²) in [6, 6.07) is 12.2. The molecule has 2 aliphatic rings. The van der Waals surface area contributed by atoms with Gasteiger partial charge in [-0.25, -0.2) is 0 Å². The molecule has 1 fully saturated rings. The summed E-state index contributed by atoms with van der Waals surface area (Å²) in [5.74, 6) is -0.304. The molecule has 1 aliphatic carbocycles. The van der Waals surface area contributed by atoms with E-state index in [1.807, 2.05) is 0 Å². The van der Waals surface area contributed by atoms with Crippen molar-refractivity contribution in [2.75, 3.05) is 44.6 Å². The Morgan fingerprint density at radius 3 is 2.15 bits per heavy atom. The van der Waals surface area contributed by atoms with Crippen molar-refractivity contribution < 1.29 is 23.9 Å². The molecule has 1 heterocycles. The van der Waals surface area contributed by atoms with E-state index in [9.17, 15) is 9.59 Å². The minimum atomic E-state index is -0.163. The summed E-state index contributed by atoms with van der Waals surface area (Å²) in [6.07, 6.45) is 0. The monoisotopic (exact) mass is 353 g/mol. The second kappa shape index (κ2) is 7.37. The molecule has 1 saturated heterocycles. The van der Waals surface area contributed by atoms with Crippen molar-refractivity contribution in [3.05, 3.63) is 64.7 Å². The topological polar surface area (TPSA) is 65.1 Å². The molecule has 0 aromatic heterocycles. The summed E-state index contributed by atoms with van der Waals surface area (Å²) in [5.41, 5.74) is 2.25. The molecule has 0 unspecified atom stereocenters. The van der Waals surface area contributed by atoms with Crippen LogP contribution in [0.5, 0.6) is 0 Å². The highest BCUT2D eigenvalue weighted by Crippen LogP contribution is 2.33. The molecular weight excluding hydrogens is 334 g/mol. The van der Waals surface area contributed by atoms with E-state index in [4.69, 9.17) is 14.3 Å². The number of hydrogen-bond donors (Lipinski definition) is 0. The summed E-state index contributed by atoms with van der Waals surface area (Å²) in [7, 11) is 0. The highest BCUT2D eigenvalue weighted by molar-refractivity contribution is 6.30. The van der Waals surface area contributed by atoms with Gasteiger partial charge in [-0.1, -0.05) is 36.4 Å². The van der Waals surface area contributed by atoms with E-state index in [2.05, 4.69) is 0 Å². The number of nitrogens with zero attached hydrogens (tertiary/aromatic N) is 1. The lowest BCUT2D eigenvalue weighted by molar-refractivity contribution is -0.0144. The number of anilines is 1. The lowest BCUT2D eigenvalue weighted by Gasteiger charge is -2.29. The van der Waals surface area contributed by atoms with Crippen LogP contribution in [0.15, 0.2) is 42.5 Å². The predicted molar refractivity (Wildman–Crippen MR) is 94.7 cm³/mol. The molecule has 0 amide bonds. The molecule has 6 heteroatoms. The van der Waals surface area contributed by atoms with Gasteiger partial charge in [0.2, 0.25) is 0 Å². The number of fused-ring (bicyclic) bond motifs is 2. The first kappa shape index (κ1) is 16.9. The maximum atomic E-state index is 13.1. The first-order valence-electron chi connectivity index (χ1n) is 8.65. The lowest BCUT2D eigenvalue weighted by Crippen LogP contribution is -2.33. The standard InChI is InChI=1S/C20H19NO5/c22-19-14-4-1-2-5-15(14)20(23)18-16(19)6-3-7-17(18)21-8-9-24-10-11-25-12-13-26-21/h1-7H,8-13H2. The molecule has 0 spiro atoms. The number of hydrogen-bond acceptors (Lipinski definition) is 6. The summed E-state index contributed by atoms with van der Waals surface area (Å²) < 4.78 is 10.9. The zero-order chi connectivity index (χ0) is 17.9. The second-order valence-corrected chi connectivity index (χ2v) is 6.06. The van der Waals surface area contributed by atoms with Gasteiger partial charge in [-0.3, -0.25) is 19.5 Å². The Labute approximate surface area is 151 Å². The van der Waals surface area contributed by atoms with Gasteiger partial charge in [-0.05, 0) is 6.07 Å². The zero-order valence-corrected chi connectivity index (χ0v) is 14.3. The molecular formula is C20H19NO5. The van der Waals surface area contributed by atoms with Crippen LogP contribution in [0.1, 0.15) is 31.8 Å². The van der Waals surface area contributed by atoms with Crippen LogP contribution >= 0.6 is 0 Å². The number of benzene rings is 2. The van der Waals surface area contributed by atoms with Crippen molar-refractivity contribution in [2.24, 2.45) is 0 Å². The molecule has 4 rings (SSSR count). The number of hydroxylamine groups is 1. The summed E-state index contributed by atoms with van der Waals surface area (Å²) in [4.78, 5) is 31.8. The zero-order valence-electron chi connectivity index (χ0n) is 14.3. The average Bonchev–Trinajstić information content (AvgIpc) is 2.69. The molecule has 0 saturated carbocycles. The quantitative estimate of drug-likeness (QED) is 0.669. The van der Waals surface area contributed by atoms with Crippen molar-refractivity contribution in [3.8, 4) is 0 Å². The summed E-state index contributed by atoms with van der Waals surface area (Å²) >= 11 is 0. The molecule has 0 N–H and O–H groups in total. The van der Waals surface area contributed by atoms with Crippen LogP contribution in [0.25, 0.3) is 0 Å². The minimum Gasteiger partial charge on any atom is -0.377 e. The van der Waals surface area contributed by atoms with Crippen molar-refractivity contribution in [2.45, 2.75) is 0 Å². The smallest absolute Gasteiger partial charge is 0.196 e. The van der Waals surface area contributed by atoms with E-state index in [-0.39, 0.29) is 11.6 Å². The SMILES string of the molecule is O=C1c2ccccc2C(=O)c2c1cccc2N1CCOCCOCCO1. The van der Waals surface area contributed by atoms with E-state index < -0.39 is 0 Å². The lowest BCUT2D eigenvalue weighted by atomic mass is 9.83. The Morgan fingerprint density at radius 2 is 1.35 bits per heavy atom. The molecule has 0 radical (unpaired) electrons. The molecule has 0 atom stereocenters. The third-order valence-electron chi connectivity index (χ3n) is 4.48. The van der Waals surface area contributed by atoms with E-state index in [1.165, 1.54) is 0 Å². The number of ketones is 2. The van der Waals surface area contributed by atoms with Crippen molar-refractivity contribution in [1.29, 1.82) is 0 Å². The Bertz CT molecular complexity index is 838. The Kier molecular flexibility index (Phi) is 4.79. The van der Waals surface area contributed by atoms with Gasteiger partial charge in [-0.2, -0.15) is 0 Å². The van der Waals surface area contributed by atoms with Crippen LogP contribution in [0, 0.1) is 0 Å². The largest absolute Gasteiger partial charge is 0.377 e. The van der Waals surface area contributed by atoms with Crippen LogP contribution in [0.2, 0.25) is 0 Å². The Morgan fingerprint density at radius 1 is 0.692 bits per heavy atom. The fraction of sp³-hybridized carbons (Fsp3) is 0.300. The van der Waals surface area contributed by atoms with E-state index >= 15 is 0 Å². The third-order valence-corrected chi connectivity index (χ3v) is 4.48. The third kappa shape index (κ3) is 3.03. The highest BCUT2D eigenvalue weighted by Gasteiger charge is 2.32. The van der Waals surface area contributed by atoms with Crippen LogP contribution in [-0.4, -0.2) is 51.1 Å². The predicted octanol–water partition coefficient (Wildman–Crippen LogP) is 2.25. The fourth-order valence-electron chi connectivity index (χ4n) is 3.27. The van der Waals surface area contributed by atoms with Crippen LogP contribution in [-0.2, 0) is 14.3 Å². The van der Waals surface area contributed by atoms with Crippen molar-refractivity contribution in [1.82, 2.24) is 0 Å². The molecule has 2 aromatic carbocycles. The first-order chi connectivity index (χ1) is 12.8. The second-order valence-electron chi connectivity index (χ2n) is 6.06. The maximum absolute atomic E-state index is 13.1. The Balaban J connectivity index is 1.74. The van der Waals surface area contributed by atoms with E-state index in [0.717, 1.165) is 0 Å². The summed E-state index contributed by atoms with van der Waals surface area (Å²) in [5, 5.41) is 1.63. The number of ether oxygens (including phenoxy) is 2. The van der Waals surface area contributed by atoms with Gasteiger partial charge < -0.3 is 9.47 Å². The highest BCUT2D eigenvalue weighted by atomic mass is 16.7. The van der Waals surface area contributed by atoms with E-state index in [1.54, 1.807) is 47.5 Å². The van der Waals surface area contributed by atoms with Crippen LogP contribution in [0.4, 0.5) is 5.69 Å². The van der Waals surface area contributed by atoms with Gasteiger partial charge in [0.1, 0.15) is 0 Å². The normalized spacial score (nSPS) is 18.2. The fourth-order valence-corrected chi connectivity index (χ4v) is 3.27. The first-order valence-corrected chi connectivity index (χ1v) is 8.65. The van der Waals surface area contributed by atoms with Crippen molar-refractivity contribution >= 4 is 17.3 Å². The number of rotatable bonds is 1. The molecule has 26 heavy (non-hydrogen) atoms. The van der Waals surface area contributed by atoms with Gasteiger partial charge in [0.05, 0.1) is 50.8 Å². The molecule has 0 bridgehead atoms. The van der Waals surface area contributed by atoms with Gasteiger partial charge in [-0.15, -0.1) is 0 Å². The molecule has 1 aliphatic heterocycles.